The van der Waals surface area contributed by atoms with Gasteiger partial charge in [-0.3, -0.25) is 0 Å². The topological polar surface area (TPSA) is 73.1 Å². The maximum absolute atomic E-state index is 10.6. The highest BCUT2D eigenvalue weighted by molar-refractivity contribution is 5.88. The zero-order valence-electron chi connectivity index (χ0n) is 7.19. The molecule has 0 bridgehead atoms. The first-order valence-corrected chi connectivity index (χ1v) is 3.80. The van der Waals surface area contributed by atoms with Gasteiger partial charge in [-0.15, -0.1) is 0 Å². The third kappa shape index (κ3) is 2.64. The molecule has 1 aromatic carbocycles. The van der Waals surface area contributed by atoms with E-state index in [2.05, 4.69) is 11.5 Å². The van der Waals surface area contributed by atoms with Gasteiger partial charge in [-0.05, 0) is 18.2 Å². The maximum atomic E-state index is 10.6. The van der Waals surface area contributed by atoms with E-state index >= 15 is 0 Å². The van der Waals surface area contributed by atoms with Crippen molar-refractivity contribution in [2.24, 2.45) is 0 Å². The van der Waals surface area contributed by atoms with Crippen LogP contribution in [0.1, 0.15) is 10.4 Å². The summed E-state index contributed by atoms with van der Waals surface area (Å²) in [5.41, 5.74) is 0.769. The van der Waals surface area contributed by atoms with Crippen LogP contribution in [0.3, 0.4) is 0 Å². The minimum atomic E-state index is -0.988. The number of rotatable bonds is 3. The van der Waals surface area contributed by atoms with Crippen LogP contribution in [0.2, 0.25) is 0 Å². The molecule has 4 nitrogen and oxygen atoms in total. The summed E-state index contributed by atoms with van der Waals surface area (Å²) in [5, 5.41) is 19.5. The third-order valence-corrected chi connectivity index (χ3v) is 1.46. The van der Waals surface area contributed by atoms with E-state index in [1.54, 1.807) is 18.2 Å². The molecule has 0 amide bonds. The lowest BCUT2D eigenvalue weighted by atomic mass is 10.2. The molecule has 0 aliphatic rings. The number of nitrogens with zero attached hydrogens (tertiary/aromatic N) is 1. The molecule has 1 rings (SSSR count). The zero-order chi connectivity index (χ0) is 10.4. The van der Waals surface area contributed by atoms with E-state index in [0.717, 1.165) is 6.08 Å². The molecule has 1 radical (unpaired) electrons. The number of carboxylic acids is 1. The van der Waals surface area contributed by atoms with Crippen molar-refractivity contribution in [2.45, 2.75) is 0 Å². The second-order valence-electron chi connectivity index (χ2n) is 2.43. The van der Waals surface area contributed by atoms with Gasteiger partial charge in [0.15, 0.2) is 0 Å². The van der Waals surface area contributed by atoms with Gasteiger partial charge < -0.3 is 10.4 Å². The number of nitriles is 1. The van der Waals surface area contributed by atoms with Crippen molar-refractivity contribution in [3.8, 4) is 6.07 Å². The zero-order valence-corrected chi connectivity index (χ0v) is 7.19. The average molecular weight is 187 g/mol. The molecule has 0 heterocycles. The van der Waals surface area contributed by atoms with E-state index in [9.17, 15) is 4.79 Å². The van der Waals surface area contributed by atoms with E-state index in [1.165, 1.54) is 12.1 Å². The SMILES string of the molecule is N#CC=[C]Nc1cccc(C(=O)O)c1. The fourth-order valence-electron chi connectivity index (χ4n) is 0.882. The van der Waals surface area contributed by atoms with Crippen molar-refractivity contribution >= 4 is 11.7 Å². The highest BCUT2D eigenvalue weighted by Gasteiger charge is 2.01. The Hall–Kier alpha value is -2.28. The molecule has 1 aromatic rings. The number of anilines is 1. The highest BCUT2D eigenvalue weighted by Crippen LogP contribution is 2.09. The molecule has 69 valence electrons. The Morgan fingerprint density at radius 3 is 3.00 bits per heavy atom. The second-order valence-corrected chi connectivity index (χ2v) is 2.43. The smallest absolute Gasteiger partial charge is 0.335 e. The number of hydrogen-bond donors (Lipinski definition) is 2. The Balaban J connectivity index is 2.79. The summed E-state index contributed by atoms with van der Waals surface area (Å²) in [6.07, 6.45) is 3.63. The summed E-state index contributed by atoms with van der Waals surface area (Å²) in [7, 11) is 0. The summed E-state index contributed by atoms with van der Waals surface area (Å²) < 4.78 is 0. The van der Waals surface area contributed by atoms with Crippen LogP contribution in [0.25, 0.3) is 0 Å². The Bertz CT molecular complexity index is 405. The van der Waals surface area contributed by atoms with Crippen LogP contribution in [0, 0.1) is 17.5 Å². The van der Waals surface area contributed by atoms with Crippen molar-refractivity contribution in [2.75, 3.05) is 5.32 Å². The van der Waals surface area contributed by atoms with Gasteiger partial charge in [-0.1, -0.05) is 6.07 Å². The molecule has 0 aromatic heterocycles. The molecule has 0 atom stereocenters. The van der Waals surface area contributed by atoms with Gasteiger partial charge in [-0.25, -0.2) is 4.79 Å². The lowest BCUT2D eigenvalue weighted by Crippen LogP contribution is -1.97. The number of aromatic carboxylic acids is 1. The minimum Gasteiger partial charge on any atom is -0.478 e. The molecule has 0 unspecified atom stereocenters. The first-order valence-electron chi connectivity index (χ1n) is 3.80. The van der Waals surface area contributed by atoms with E-state index in [-0.39, 0.29) is 5.56 Å². The predicted molar refractivity (Wildman–Crippen MR) is 50.5 cm³/mol. The number of nitrogens with one attached hydrogen (secondary N) is 1. The summed E-state index contributed by atoms with van der Waals surface area (Å²) >= 11 is 0. The van der Waals surface area contributed by atoms with E-state index < -0.39 is 5.97 Å². The molecular weight excluding hydrogens is 180 g/mol. The monoisotopic (exact) mass is 187 g/mol. The van der Waals surface area contributed by atoms with Gasteiger partial charge in [0.1, 0.15) is 0 Å². The summed E-state index contributed by atoms with van der Waals surface area (Å²) in [5.74, 6) is -0.988. The number of benzene rings is 1. The van der Waals surface area contributed by atoms with Crippen molar-refractivity contribution in [3.05, 3.63) is 42.1 Å². The molecule has 0 spiro atoms. The van der Waals surface area contributed by atoms with Crippen molar-refractivity contribution < 1.29 is 9.90 Å². The lowest BCUT2D eigenvalue weighted by molar-refractivity contribution is 0.0697. The number of carboxylic acid groups (broad SMARTS) is 1. The predicted octanol–water partition coefficient (Wildman–Crippen LogP) is 1.64. The molecule has 14 heavy (non-hydrogen) atoms. The van der Waals surface area contributed by atoms with Gasteiger partial charge in [0.2, 0.25) is 0 Å². The standard InChI is InChI=1S/C10H7N2O2/c11-5-2-6-12-9-4-1-3-8(7-9)10(13)14/h1-4,7,12H,(H,13,14). The van der Waals surface area contributed by atoms with Gasteiger partial charge >= 0.3 is 5.97 Å². The summed E-state index contributed by atoms with van der Waals surface area (Å²) in [4.78, 5) is 10.6. The Morgan fingerprint density at radius 1 is 1.57 bits per heavy atom. The summed E-state index contributed by atoms with van der Waals surface area (Å²) in [6.45, 7) is 0. The van der Waals surface area contributed by atoms with E-state index in [1.807, 2.05) is 0 Å². The van der Waals surface area contributed by atoms with Crippen LogP contribution >= 0.6 is 0 Å². The van der Waals surface area contributed by atoms with E-state index in [0.29, 0.717) is 5.69 Å². The number of allylic oxidation sites excluding steroid dienone is 1. The molecule has 0 saturated carbocycles. The molecule has 2 N–H and O–H groups in total. The first kappa shape index (κ1) is 9.81. The molecule has 0 saturated heterocycles. The summed E-state index contributed by atoms with van der Waals surface area (Å²) in [6, 6.07) is 8.00. The van der Waals surface area contributed by atoms with Crippen molar-refractivity contribution in [1.29, 1.82) is 5.26 Å². The van der Waals surface area contributed by atoms with Gasteiger partial charge in [0, 0.05) is 11.8 Å². The molecule has 4 heteroatoms. The highest BCUT2D eigenvalue weighted by atomic mass is 16.4. The Kier molecular flexibility index (Phi) is 3.27. The molecular formula is C10H7N2O2. The number of hydrogen-bond acceptors (Lipinski definition) is 3. The van der Waals surface area contributed by atoms with E-state index in [4.69, 9.17) is 10.4 Å². The third-order valence-electron chi connectivity index (χ3n) is 1.46. The molecule has 0 aliphatic heterocycles. The fourth-order valence-corrected chi connectivity index (χ4v) is 0.882. The molecule has 0 fully saturated rings. The van der Waals surface area contributed by atoms with Gasteiger partial charge in [-0.2, -0.15) is 5.26 Å². The van der Waals surface area contributed by atoms with Crippen molar-refractivity contribution in [3.63, 3.8) is 0 Å². The van der Waals surface area contributed by atoms with Crippen LogP contribution < -0.4 is 5.32 Å². The normalized spacial score (nSPS) is 9.64. The Labute approximate surface area is 81.1 Å². The maximum Gasteiger partial charge on any atom is 0.335 e. The van der Waals surface area contributed by atoms with Gasteiger partial charge in [0.25, 0.3) is 0 Å². The van der Waals surface area contributed by atoms with Gasteiger partial charge in [0.05, 0.1) is 17.8 Å². The van der Waals surface area contributed by atoms with Crippen LogP contribution in [-0.4, -0.2) is 11.1 Å². The van der Waals surface area contributed by atoms with Crippen LogP contribution in [0.15, 0.2) is 30.3 Å². The quantitative estimate of drug-likeness (QED) is 0.557. The largest absolute Gasteiger partial charge is 0.478 e. The minimum absolute atomic E-state index is 0.189. The lowest BCUT2D eigenvalue weighted by Gasteiger charge is -2.00. The molecule has 0 aliphatic carbocycles. The Morgan fingerprint density at radius 2 is 2.36 bits per heavy atom. The van der Waals surface area contributed by atoms with Crippen LogP contribution in [0.4, 0.5) is 5.69 Å². The van der Waals surface area contributed by atoms with Crippen molar-refractivity contribution in [1.82, 2.24) is 0 Å². The number of carbonyl (C=O) groups is 1. The van der Waals surface area contributed by atoms with Crippen LogP contribution in [-0.2, 0) is 0 Å². The average Bonchev–Trinajstić information content (AvgIpc) is 2.19. The first-order chi connectivity index (χ1) is 6.74. The second kappa shape index (κ2) is 4.67. The van der Waals surface area contributed by atoms with Crippen LogP contribution in [0.5, 0.6) is 0 Å². The fraction of sp³-hybridized carbons (Fsp3) is 0.